The number of nitrogen functional groups attached to an aromatic ring is 1. The fourth-order valence-corrected chi connectivity index (χ4v) is 1.99. The van der Waals surface area contributed by atoms with E-state index in [2.05, 4.69) is 6.92 Å². The SMILES string of the molecule is CCCCCN1C(=O)COc2cc(N)ccc21. The molecule has 0 saturated heterocycles. The molecule has 0 radical (unpaired) electrons. The Kier molecular flexibility index (Phi) is 3.52. The van der Waals surface area contributed by atoms with Crippen molar-refractivity contribution in [2.45, 2.75) is 26.2 Å². The van der Waals surface area contributed by atoms with Gasteiger partial charge in [-0.2, -0.15) is 0 Å². The van der Waals surface area contributed by atoms with Crippen LogP contribution in [0.4, 0.5) is 11.4 Å². The highest BCUT2D eigenvalue weighted by atomic mass is 16.5. The average Bonchev–Trinajstić information content (AvgIpc) is 2.32. The first-order valence-corrected chi connectivity index (χ1v) is 6.05. The second-order valence-electron chi connectivity index (χ2n) is 4.27. The molecule has 1 aromatic carbocycles. The molecule has 1 heterocycles. The van der Waals surface area contributed by atoms with Crippen molar-refractivity contribution in [3.8, 4) is 5.75 Å². The minimum absolute atomic E-state index is 0.0263. The lowest BCUT2D eigenvalue weighted by atomic mass is 10.2. The Balaban J connectivity index is 2.18. The summed E-state index contributed by atoms with van der Waals surface area (Å²) in [5.41, 5.74) is 7.20. The molecule has 0 fully saturated rings. The summed E-state index contributed by atoms with van der Waals surface area (Å²) in [6.07, 6.45) is 3.30. The maximum Gasteiger partial charge on any atom is 0.265 e. The number of unbranched alkanes of at least 4 members (excludes halogenated alkanes) is 2. The fraction of sp³-hybridized carbons (Fsp3) is 0.462. The maximum absolute atomic E-state index is 11.8. The molecular formula is C13H18N2O2. The van der Waals surface area contributed by atoms with Gasteiger partial charge in [0.1, 0.15) is 5.75 Å². The topological polar surface area (TPSA) is 55.6 Å². The van der Waals surface area contributed by atoms with Gasteiger partial charge in [-0.15, -0.1) is 0 Å². The summed E-state index contributed by atoms with van der Waals surface area (Å²) < 4.78 is 5.38. The number of benzene rings is 1. The number of amides is 1. The lowest BCUT2D eigenvalue weighted by Crippen LogP contribution is -2.39. The van der Waals surface area contributed by atoms with Crippen LogP contribution in [0, 0.1) is 0 Å². The summed E-state index contributed by atoms with van der Waals surface area (Å²) in [4.78, 5) is 13.6. The van der Waals surface area contributed by atoms with Crippen molar-refractivity contribution in [3.05, 3.63) is 18.2 Å². The maximum atomic E-state index is 11.8. The smallest absolute Gasteiger partial charge is 0.265 e. The summed E-state index contributed by atoms with van der Waals surface area (Å²) >= 11 is 0. The van der Waals surface area contributed by atoms with Crippen molar-refractivity contribution < 1.29 is 9.53 Å². The number of nitrogens with zero attached hydrogens (tertiary/aromatic N) is 1. The number of fused-ring (bicyclic) bond motifs is 1. The first kappa shape index (κ1) is 11.8. The molecule has 92 valence electrons. The molecule has 0 bridgehead atoms. The largest absolute Gasteiger partial charge is 0.481 e. The minimum Gasteiger partial charge on any atom is -0.481 e. The number of hydrogen-bond acceptors (Lipinski definition) is 3. The molecule has 17 heavy (non-hydrogen) atoms. The molecule has 2 N–H and O–H groups in total. The van der Waals surface area contributed by atoms with Gasteiger partial charge in [-0.25, -0.2) is 0 Å². The molecule has 0 spiro atoms. The molecular weight excluding hydrogens is 216 g/mol. The Morgan fingerprint density at radius 2 is 2.24 bits per heavy atom. The van der Waals surface area contributed by atoms with Crippen molar-refractivity contribution in [2.75, 3.05) is 23.8 Å². The lowest BCUT2D eigenvalue weighted by molar-refractivity contribution is -0.121. The number of rotatable bonds is 4. The summed E-state index contributed by atoms with van der Waals surface area (Å²) in [6, 6.07) is 5.43. The standard InChI is InChI=1S/C13H18N2O2/c1-2-3-4-7-15-11-6-5-10(14)8-12(11)17-9-13(15)16/h5-6,8H,2-4,7,9,14H2,1H3. The Bertz CT molecular complexity index is 418. The van der Waals surface area contributed by atoms with E-state index < -0.39 is 0 Å². The van der Waals surface area contributed by atoms with Crippen LogP contribution in [0.15, 0.2) is 18.2 Å². The molecule has 0 atom stereocenters. The highest BCUT2D eigenvalue weighted by Crippen LogP contribution is 2.33. The lowest BCUT2D eigenvalue weighted by Gasteiger charge is -2.29. The molecule has 4 nitrogen and oxygen atoms in total. The van der Waals surface area contributed by atoms with E-state index in [9.17, 15) is 4.79 Å². The van der Waals surface area contributed by atoms with Crippen LogP contribution in [0.5, 0.6) is 5.75 Å². The number of hydrogen-bond donors (Lipinski definition) is 1. The summed E-state index contributed by atoms with van der Waals surface area (Å²) in [7, 11) is 0. The first-order valence-electron chi connectivity index (χ1n) is 6.05. The summed E-state index contributed by atoms with van der Waals surface area (Å²) in [5, 5.41) is 0. The second kappa shape index (κ2) is 5.08. The predicted octanol–water partition coefficient (Wildman–Crippen LogP) is 2.18. The number of anilines is 2. The van der Waals surface area contributed by atoms with Crippen molar-refractivity contribution in [1.82, 2.24) is 0 Å². The van der Waals surface area contributed by atoms with E-state index in [0.29, 0.717) is 11.4 Å². The third-order valence-electron chi connectivity index (χ3n) is 2.91. The van der Waals surface area contributed by atoms with Gasteiger partial charge in [0, 0.05) is 18.3 Å². The number of carbonyl (C=O) groups excluding carboxylic acids is 1. The fourth-order valence-electron chi connectivity index (χ4n) is 1.99. The molecule has 2 rings (SSSR count). The van der Waals surface area contributed by atoms with Gasteiger partial charge in [-0.05, 0) is 18.6 Å². The predicted molar refractivity (Wildman–Crippen MR) is 68.2 cm³/mol. The number of nitrogens with two attached hydrogens (primary N) is 1. The van der Waals surface area contributed by atoms with E-state index in [4.69, 9.17) is 10.5 Å². The highest BCUT2D eigenvalue weighted by Gasteiger charge is 2.24. The van der Waals surface area contributed by atoms with Gasteiger partial charge in [0.25, 0.3) is 5.91 Å². The van der Waals surface area contributed by atoms with Gasteiger partial charge >= 0.3 is 0 Å². The van der Waals surface area contributed by atoms with Gasteiger partial charge in [-0.3, -0.25) is 4.79 Å². The molecule has 1 aliphatic heterocycles. The van der Waals surface area contributed by atoms with Crippen LogP contribution < -0.4 is 15.4 Å². The molecule has 4 heteroatoms. The van der Waals surface area contributed by atoms with Crippen LogP contribution in [0.1, 0.15) is 26.2 Å². The number of carbonyl (C=O) groups is 1. The van der Waals surface area contributed by atoms with Gasteiger partial charge in [0.15, 0.2) is 6.61 Å². The third kappa shape index (κ3) is 2.52. The van der Waals surface area contributed by atoms with E-state index in [-0.39, 0.29) is 12.5 Å². The highest BCUT2D eigenvalue weighted by molar-refractivity contribution is 5.98. The van der Waals surface area contributed by atoms with E-state index in [1.165, 1.54) is 0 Å². The third-order valence-corrected chi connectivity index (χ3v) is 2.91. The van der Waals surface area contributed by atoms with Crippen molar-refractivity contribution >= 4 is 17.3 Å². The van der Waals surface area contributed by atoms with Crippen molar-refractivity contribution in [2.24, 2.45) is 0 Å². The van der Waals surface area contributed by atoms with Crippen LogP contribution in [-0.4, -0.2) is 19.1 Å². The molecule has 1 aliphatic rings. The van der Waals surface area contributed by atoms with Crippen LogP contribution in [0.25, 0.3) is 0 Å². The summed E-state index contributed by atoms with van der Waals surface area (Å²) in [6.45, 7) is 3.02. The molecule has 1 aromatic rings. The second-order valence-corrected chi connectivity index (χ2v) is 4.27. The monoisotopic (exact) mass is 234 g/mol. The van der Waals surface area contributed by atoms with E-state index in [1.807, 2.05) is 6.07 Å². The van der Waals surface area contributed by atoms with Gasteiger partial charge < -0.3 is 15.4 Å². The van der Waals surface area contributed by atoms with Gasteiger partial charge in [0.2, 0.25) is 0 Å². The van der Waals surface area contributed by atoms with E-state index in [0.717, 1.165) is 31.5 Å². The normalized spacial score (nSPS) is 14.4. The summed E-state index contributed by atoms with van der Waals surface area (Å²) in [5.74, 6) is 0.736. The van der Waals surface area contributed by atoms with Gasteiger partial charge in [-0.1, -0.05) is 19.8 Å². The molecule has 0 aliphatic carbocycles. The van der Waals surface area contributed by atoms with E-state index in [1.54, 1.807) is 17.0 Å². The zero-order chi connectivity index (χ0) is 12.3. The zero-order valence-corrected chi connectivity index (χ0v) is 10.1. The van der Waals surface area contributed by atoms with Crippen LogP contribution >= 0.6 is 0 Å². The zero-order valence-electron chi connectivity index (χ0n) is 10.1. The Morgan fingerprint density at radius 1 is 1.41 bits per heavy atom. The Labute approximate surface area is 101 Å². The average molecular weight is 234 g/mol. The van der Waals surface area contributed by atoms with Crippen LogP contribution in [0.2, 0.25) is 0 Å². The van der Waals surface area contributed by atoms with Crippen molar-refractivity contribution in [1.29, 1.82) is 0 Å². The van der Waals surface area contributed by atoms with Gasteiger partial charge in [0.05, 0.1) is 5.69 Å². The minimum atomic E-state index is 0.0263. The Hall–Kier alpha value is -1.71. The van der Waals surface area contributed by atoms with E-state index >= 15 is 0 Å². The van der Waals surface area contributed by atoms with Crippen LogP contribution in [-0.2, 0) is 4.79 Å². The van der Waals surface area contributed by atoms with Crippen LogP contribution in [0.3, 0.4) is 0 Å². The first-order chi connectivity index (χ1) is 8.22. The molecule has 1 amide bonds. The molecule has 0 aromatic heterocycles. The molecule has 0 unspecified atom stereocenters. The quantitative estimate of drug-likeness (QED) is 0.641. The Morgan fingerprint density at radius 3 is 3.00 bits per heavy atom. The number of ether oxygens (including phenoxy) is 1. The molecule has 0 saturated carbocycles. The van der Waals surface area contributed by atoms with Crippen molar-refractivity contribution in [3.63, 3.8) is 0 Å².